The second-order valence-corrected chi connectivity index (χ2v) is 8.39. The molecule has 36 heavy (non-hydrogen) atoms. The number of phenolic OH excluding ortho intramolecular Hbond substituents is 1. The maximum Gasteiger partial charge on any atom is 0.229 e. The van der Waals surface area contributed by atoms with E-state index < -0.39 is 65.9 Å². The van der Waals surface area contributed by atoms with E-state index in [1.807, 2.05) is 0 Å². The number of aliphatic hydroxyl groups excluding tert-OH is 5. The molecular formula is C23H25N3O10. The summed E-state index contributed by atoms with van der Waals surface area (Å²) >= 11 is 0. The first kappa shape index (κ1) is 25.5. The van der Waals surface area contributed by atoms with E-state index in [-0.39, 0.29) is 41.4 Å². The van der Waals surface area contributed by atoms with Crippen molar-refractivity contribution in [1.82, 2.24) is 0 Å². The number of benzene rings is 2. The number of rotatable bonds is 6. The third-order valence-corrected chi connectivity index (χ3v) is 6.07. The van der Waals surface area contributed by atoms with Gasteiger partial charge in [-0.25, -0.2) is 4.99 Å². The van der Waals surface area contributed by atoms with Crippen LogP contribution in [0.4, 0.5) is 0 Å². The molecule has 0 unspecified atom stereocenters. The first-order valence-electron chi connectivity index (χ1n) is 10.8. The summed E-state index contributed by atoms with van der Waals surface area (Å²) in [6.45, 7) is -1.41. The van der Waals surface area contributed by atoms with Crippen molar-refractivity contribution in [3.05, 3.63) is 57.6 Å². The van der Waals surface area contributed by atoms with E-state index in [2.05, 4.69) is 4.99 Å². The summed E-state index contributed by atoms with van der Waals surface area (Å²) in [5, 5.41) is 60.4. The van der Waals surface area contributed by atoms with E-state index in [0.717, 1.165) is 0 Å². The van der Waals surface area contributed by atoms with Gasteiger partial charge in [0.25, 0.3) is 0 Å². The van der Waals surface area contributed by atoms with Crippen LogP contribution < -0.4 is 16.2 Å². The number of hydrogen-bond acceptors (Lipinski definition) is 11. The fourth-order valence-electron chi connectivity index (χ4n) is 4.18. The number of phenols is 1. The highest BCUT2D eigenvalue weighted by molar-refractivity contribution is 6.29. The molecule has 0 aromatic heterocycles. The largest absolute Gasteiger partial charge is 0.504 e. The Morgan fingerprint density at radius 1 is 0.972 bits per heavy atom. The molecule has 0 bridgehead atoms. The van der Waals surface area contributed by atoms with Gasteiger partial charge in [0.15, 0.2) is 29.0 Å². The summed E-state index contributed by atoms with van der Waals surface area (Å²) in [6.07, 6.45) is -8.25. The lowest BCUT2D eigenvalue weighted by molar-refractivity contribution is -0.277. The maximum atomic E-state index is 13.3. The van der Waals surface area contributed by atoms with Gasteiger partial charge in [-0.3, -0.25) is 9.59 Å². The molecule has 1 aliphatic carbocycles. The number of aliphatic imine (C=N–C) groups is 1. The predicted octanol–water partition coefficient (Wildman–Crippen LogP) is -2.39. The van der Waals surface area contributed by atoms with Crippen molar-refractivity contribution >= 4 is 17.5 Å². The van der Waals surface area contributed by atoms with Crippen LogP contribution in [-0.4, -0.2) is 85.5 Å². The molecule has 2 aromatic rings. The summed E-state index contributed by atoms with van der Waals surface area (Å²) in [5.41, 5.74) is 10.7. The summed E-state index contributed by atoms with van der Waals surface area (Å²) in [7, 11) is 0. The van der Waals surface area contributed by atoms with Gasteiger partial charge in [0.2, 0.25) is 6.29 Å². The minimum atomic E-state index is -1.82. The number of guanidine groups is 1. The molecule has 1 fully saturated rings. The van der Waals surface area contributed by atoms with Crippen LogP contribution in [0.1, 0.15) is 43.0 Å². The lowest BCUT2D eigenvalue weighted by Gasteiger charge is -2.39. The number of aromatic hydroxyl groups is 1. The second kappa shape index (κ2) is 9.81. The number of ether oxygens (including phenoxy) is 2. The van der Waals surface area contributed by atoms with Crippen molar-refractivity contribution in [2.75, 3.05) is 6.61 Å². The zero-order valence-corrected chi connectivity index (χ0v) is 18.7. The lowest BCUT2D eigenvalue weighted by Crippen LogP contribution is -2.60. The molecule has 2 aliphatic rings. The summed E-state index contributed by atoms with van der Waals surface area (Å²) in [4.78, 5) is 30.4. The van der Waals surface area contributed by atoms with Gasteiger partial charge in [0.05, 0.1) is 25.3 Å². The van der Waals surface area contributed by atoms with E-state index in [9.17, 15) is 40.2 Å². The number of ketones is 2. The van der Waals surface area contributed by atoms with Gasteiger partial charge in [0, 0.05) is 22.3 Å². The Bertz CT molecular complexity index is 1240. The van der Waals surface area contributed by atoms with E-state index >= 15 is 0 Å². The van der Waals surface area contributed by atoms with Crippen molar-refractivity contribution in [1.29, 1.82) is 0 Å². The third kappa shape index (κ3) is 4.28. The number of aliphatic hydroxyl groups is 5. The molecular weight excluding hydrogens is 478 g/mol. The van der Waals surface area contributed by atoms with Gasteiger partial charge in [-0.15, -0.1) is 0 Å². The average Bonchev–Trinajstić information content (AvgIpc) is 2.86. The second-order valence-electron chi connectivity index (χ2n) is 8.39. The summed E-state index contributed by atoms with van der Waals surface area (Å²) < 4.78 is 11.0. The van der Waals surface area contributed by atoms with Crippen LogP contribution in [0, 0.1) is 0 Å². The van der Waals surface area contributed by atoms with Crippen molar-refractivity contribution in [2.24, 2.45) is 16.5 Å². The molecule has 5 atom stereocenters. The normalized spacial score (nSPS) is 25.2. The van der Waals surface area contributed by atoms with Crippen LogP contribution in [0.3, 0.4) is 0 Å². The highest BCUT2D eigenvalue weighted by atomic mass is 16.7. The molecule has 10 N–H and O–H groups in total. The number of carbonyl (C=O) groups is 2. The van der Waals surface area contributed by atoms with Gasteiger partial charge < -0.3 is 51.6 Å². The Hall–Kier alpha value is -3.59. The van der Waals surface area contributed by atoms with Crippen LogP contribution >= 0.6 is 0 Å². The third-order valence-electron chi connectivity index (χ3n) is 6.07. The predicted molar refractivity (Wildman–Crippen MR) is 121 cm³/mol. The van der Waals surface area contributed by atoms with Crippen LogP contribution in [-0.2, 0) is 17.9 Å². The Labute approximate surface area is 203 Å². The first-order chi connectivity index (χ1) is 17.1. The molecule has 13 nitrogen and oxygen atoms in total. The highest BCUT2D eigenvalue weighted by Gasteiger charge is 2.45. The number of carbonyl (C=O) groups excluding carboxylic acids is 2. The monoisotopic (exact) mass is 503 g/mol. The highest BCUT2D eigenvalue weighted by Crippen LogP contribution is 2.43. The number of hydrogen-bond donors (Lipinski definition) is 8. The Morgan fingerprint density at radius 2 is 1.69 bits per heavy atom. The average molecular weight is 503 g/mol. The minimum absolute atomic E-state index is 0.0354. The van der Waals surface area contributed by atoms with Crippen LogP contribution in [0.5, 0.6) is 11.5 Å². The van der Waals surface area contributed by atoms with Gasteiger partial charge in [-0.1, -0.05) is 6.07 Å². The fourth-order valence-corrected chi connectivity index (χ4v) is 4.18. The zero-order chi connectivity index (χ0) is 26.3. The maximum absolute atomic E-state index is 13.3. The van der Waals surface area contributed by atoms with Crippen molar-refractivity contribution in [3.63, 3.8) is 0 Å². The van der Waals surface area contributed by atoms with Crippen LogP contribution in [0.25, 0.3) is 0 Å². The number of nitrogens with zero attached hydrogens (tertiary/aromatic N) is 1. The Balaban J connectivity index is 1.84. The first-order valence-corrected chi connectivity index (χ1v) is 10.8. The minimum Gasteiger partial charge on any atom is -0.504 e. The topological polar surface area (TPSA) is 238 Å². The van der Waals surface area contributed by atoms with Gasteiger partial charge in [-0.2, -0.15) is 0 Å². The quantitative estimate of drug-likeness (QED) is 0.130. The molecule has 0 spiro atoms. The van der Waals surface area contributed by atoms with Gasteiger partial charge in [-0.05, 0) is 23.8 Å². The SMILES string of the molecule is NC(N)=NCc1cc2c(c(O)c1O[C@H]1O[C@@H](CO)[C@H](O)[C@@H](O)[C@@H]1O)C(=O)c1cc(CO)ccc1C2=O. The van der Waals surface area contributed by atoms with Crippen LogP contribution in [0.2, 0.25) is 0 Å². The zero-order valence-electron chi connectivity index (χ0n) is 18.7. The molecule has 0 saturated carbocycles. The van der Waals surface area contributed by atoms with E-state index in [1.165, 1.54) is 24.3 Å². The molecule has 13 heteroatoms. The molecule has 1 aliphatic heterocycles. The molecule has 4 rings (SSSR count). The molecule has 192 valence electrons. The summed E-state index contributed by atoms with van der Waals surface area (Å²) in [5.74, 6) is -2.82. The molecule has 1 heterocycles. The van der Waals surface area contributed by atoms with Crippen LogP contribution in [0.15, 0.2) is 29.3 Å². The Morgan fingerprint density at radius 3 is 2.33 bits per heavy atom. The Kier molecular flexibility index (Phi) is 6.95. The molecule has 1 saturated heterocycles. The van der Waals surface area contributed by atoms with E-state index in [0.29, 0.717) is 5.56 Å². The number of nitrogens with two attached hydrogens (primary N) is 2. The van der Waals surface area contributed by atoms with Crippen molar-refractivity contribution in [2.45, 2.75) is 43.9 Å². The van der Waals surface area contributed by atoms with E-state index in [4.69, 9.17) is 20.9 Å². The lowest BCUT2D eigenvalue weighted by atomic mass is 9.81. The fraction of sp³-hybridized carbons (Fsp3) is 0.348. The smallest absolute Gasteiger partial charge is 0.229 e. The summed E-state index contributed by atoms with van der Waals surface area (Å²) in [6, 6.07) is 5.48. The van der Waals surface area contributed by atoms with Gasteiger partial charge in [0.1, 0.15) is 24.4 Å². The number of fused-ring (bicyclic) bond motifs is 2. The molecule has 2 aromatic carbocycles. The van der Waals surface area contributed by atoms with Crippen molar-refractivity contribution < 1.29 is 49.7 Å². The van der Waals surface area contributed by atoms with Crippen molar-refractivity contribution in [3.8, 4) is 11.5 Å². The van der Waals surface area contributed by atoms with Gasteiger partial charge >= 0.3 is 0 Å². The van der Waals surface area contributed by atoms with E-state index in [1.54, 1.807) is 0 Å². The standard InChI is InChI=1S/C23H25N3O10/c24-23(25)26-5-9-4-12-14(16(30)11-3-8(6-27)1-2-10(11)15(12)29)18(32)21(9)36-22-20(34)19(33)17(31)13(7-28)35-22/h1-4,13,17,19-20,22,27-28,31-34H,5-7H2,(H4,24,25,26)/t13-,17-,19+,20-,22+/m0/s1. The molecule has 0 amide bonds. The molecule has 0 radical (unpaired) electrons.